The molecular formula is C3H2F4O3S. The minimum atomic E-state index is -5.36. The van der Waals surface area contributed by atoms with Gasteiger partial charge in [0.2, 0.25) is 0 Å². The van der Waals surface area contributed by atoms with Gasteiger partial charge in [0.15, 0.2) is 5.83 Å². The smallest absolute Gasteiger partial charge is 0.237 e. The van der Waals surface area contributed by atoms with Crippen LogP contribution in [0.4, 0.5) is 17.1 Å². The molecule has 11 heavy (non-hydrogen) atoms. The van der Waals surface area contributed by atoms with Crippen LogP contribution < -0.4 is 0 Å². The molecule has 0 aromatic heterocycles. The van der Waals surface area contributed by atoms with Gasteiger partial charge in [-0.25, -0.2) is 8.57 Å². The Balaban J connectivity index is 4.03. The molecule has 66 valence electrons. The fourth-order valence-electron chi connectivity index (χ4n) is 0.177. The second kappa shape index (κ2) is 3.67. The molecule has 0 aliphatic carbocycles. The molecule has 0 amide bonds. The Kier molecular flexibility index (Phi) is 3.46. The van der Waals surface area contributed by atoms with Crippen molar-refractivity contribution in [3.8, 4) is 0 Å². The van der Waals surface area contributed by atoms with Gasteiger partial charge in [-0.15, -0.1) is 0 Å². The molecule has 0 fully saturated rings. The first-order valence-corrected chi connectivity index (χ1v) is 3.42. The van der Waals surface area contributed by atoms with Crippen LogP contribution in [0, 0.1) is 0 Å². The van der Waals surface area contributed by atoms with Crippen LogP contribution in [0.15, 0.2) is 11.9 Å². The molecule has 0 aliphatic rings. The Morgan fingerprint density at radius 1 is 1.27 bits per heavy atom. The summed E-state index contributed by atoms with van der Waals surface area (Å²) in [6.07, 6.45) is -2.74. The zero-order valence-corrected chi connectivity index (χ0v) is 5.67. The van der Waals surface area contributed by atoms with E-state index in [1.54, 1.807) is 0 Å². The Hall–Kier alpha value is -0.630. The summed E-state index contributed by atoms with van der Waals surface area (Å²) in [5.41, 5.74) is 0. The van der Waals surface area contributed by atoms with E-state index in [9.17, 15) is 25.5 Å². The quantitative estimate of drug-likeness (QED) is 0.502. The number of halogens is 4. The topological polar surface area (TPSA) is 43.4 Å². The average molecular weight is 194 g/mol. The second-order valence-corrected chi connectivity index (χ2v) is 2.34. The third-order valence-corrected chi connectivity index (χ3v) is 0.931. The summed E-state index contributed by atoms with van der Waals surface area (Å²) < 4.78 is 67.1. The maximum atomic E-state index is 11.6. The highest BCUT2D eigenvalue weighted by Gasteiger charge is 2.12. The van der Waals surface area contributed by atoms with E-state index in [-0.39, 0.29) is 0 Å². The maximum Gasteiger partial charge on any atom is 0.437 e. The van der Waals surface area contributed by atoms with Crippen LogP contribution in [0.3, 0.4) is 0 Å². The Morgan fingerprint density at radius 3 is 2.00 bits per heavy atom. The first-order valence-electron chi connectivity index (χ1n) is 2.11. The predicted molar refractivity (Wildman–Crippen MR) is 26.3 cm³/mol. The van der Waals surface area contributed by atoms with E-state index in [0.717, 1.165) is 0 Å². The van der Waals surface area contributed by atoms with Gasteiger partial charge in [0.05, 0.1) is 0 Å². The van der Waals surface area contributed by atoms with Gasteiger partial charge in [0.1, 0.15) is 6.61 Å². The molecule has 0 heterocycles. The number of hydrogen-bond acceptors (Lipinski definition) is 3. The second-order valence-electron chi connectivity index (χ2n) is 1.32. The molecule has 0 aliphatic heterocycles. The summed E-state index contributed by atoms with van der Waals surface area (Å²) in [4.78, 5) is 0. The van der Waals surface area contributed by atoms with Crippen molar-refractivity contribution in [2.24, 2.45) is 0 Å². The van der Waals surface area contributed by atoms with E-state index < -0.39 is 29.0 Å². The lowest BCUT2D eigenvalue weighted by molar-refractivity contribution is 0.274. The van der Waals surface area contributed by atoms with E-state index in [1.807, 2.05) is 0 Å². The fourth-order valence-corrected chi connectivity index (χ4v) is 0.421. The zero-order valence-electron chi connectivity index (χ0n) is 4.85. The Bertz CT molecular complexity index is 252. The molecule has 0 saturated heterocycles. The third-order valence-electron chi connectivity index (χ3n) is 0.531. The minimum Gasteiger partial charge on any atom is -0.237 e. The van der Waals surface area contributed by atoms with E-state index >= 15 is 0 Å². The van der Waals surface area contributed by atoms with Gasteiger partial charge < -0.3 is 0 Å². The van der Waals surface area contributed by atoms with Crippen LogP contribution in [0.2, 0.25) is 0 Å². The molecule has 0 rings (SSSR count). The van der Waals surface area contributed by atoms with Gasteiger partial charge in [-0.2, -0.15) is 17.2 Å². The van der Waals surface area contributed by atoms with Gasteiger partial charge in [-0.3, -0.25) is 0 Å². The van der Waals surface area contributed by atoms with Crippen LogP contribution in [-0.4, -0.2) is 15.0 Å². The summed E-state index contributed by atoms with van der Waals surface area (Å²) in [6.45, 7) is -1.62. The van der Waals surface area contributed by atoms with E-state index in [2.05, 4.69) is 4.18 Å². The van der Waals surface area contributed by atoms with Crippen molar-refractivity contribution in [1.29, 1.82) is 0 Å². The lowest BCUT2D eigenvalue weighted by Crippen LogP contribution is -2.00. The number of hydrogen-bond donors (Lipinski definition) is 0. The van der Waals surface area contributed by atoms with Crippen LogP contribution >= 0.6 is 0 Å². The lowest BCUT2D eigenvalue weighted by Gasteiger charge is -1.92. The molecule has 0 saturated carbocycles. The average Bonchev–Trinajstić information content (AvgIpc) is 1.80. The normalized spacial score (nSPS) is 11.3. The standard InChI is InChI=1S/C3H2F4O3S/c4-2(3(5)6)1-10-11(7,8)9/h1H2. The molecule has 0 radical (unpaired) electrons. The van der Waals surface area contributed by atoms with Crippen molar-refractivity contribution in [3.05, 3.63) is 11.9 Å². The van der Waals surface area contributed by atoms with Crippen molar-refractivity contribution in [2.75, 3.05) is 6.61 Å². The molecule has 0 aromatic carbocycles. The first kappa shape index (κ1) is 10.4. The molecule has 0 spiro atoms. The highest BCUT2D eigenvalue weighted by molar-refractivity contribution is 7.81. The summed E-state index contributed by atoms with van der Waals surface area (Å²) in [7, 11) is -5.36. The van der Waals surface area contributed by atoms with Crippen molar-refractivity contribution in [2.45, 2.75) is 0 Å². The zero-order chi connectivity index (χ0) is 9.07. The maximum absolute atomic E-state index is 11.6. The highest BCUT2D eigenvalue weighted by Crippen LogP contribution is 2.10. The van der Waals surface area contributed by atoms with Crippen molar-refractivity contribution >= 4 is 10.5 Å². The van der Waals surface area contributed by atoms with Gasteiger partial charge in [0.25, 0.3) is 0 Å². The Morgan fingerprint density at radius 2 is 1.73 bits per heavy atom. The van der Waals surface area contributed by atoms with Crippen LogP contribution in [-0.2, 0) is 14.7 Å². The van der Waals surface area contributed by atoms with Crippen molar-refractivity contribution < 1.29 is 29.7 Å². The van der Waals surface area contributed by atoms with Gasteiger partial charge >= 0.3 is 16.6 Å². The summed E-state index contributed by atoms with van der Waals surface area (Å²) in [6, 6.07) is 0. The molecule has 0 N–H and O–H groups in total. The van der Waals surface area contributed by atoms with Gasteiger partial charge in [-0.05, 0) is 0 Å². The third kappa shape index (κ3) is 5.80. The predicted octanol–water partition coefficient (Wildman–Crippen LogP) is 1.29. The Labute approximate surface area is 59.7 Å². The van der Waals surface area contributed by atoms with Gasteiger partial charge in [-0.1, -0.05) is 3.89 Å². The monoisotopic (exact) mass is 194 g/mol. The minimum absolute atomic E-state index is 1.62. The molecule has 0 unspecified atom stereocenters. The summed E-state index contributed by atoms with van der Waals surface area (Å²) >= 11 is 0. The van der Waals surface area contributed by atoms with E-state index in [0.29, 0.717) is 0 Å². The molecule has 0 atom stereocenters. The lowest BCUT2D eigenvalue weighted by atomic mass is 10.6. The van der Waals surface area contributed by atoms with E-state index in [1.165, 1.54) is 0 Å². The molecular weight excluding hydrogens is 192 g/mol. The van der Waals surface area contributed by atoms with Crippen molar-refractivity contribution in [1.82, 2.24) is 0 Å². The summed E-state index contributed by atoms with van der Waals surface area (Å²) in [5.74, 6) is -2.12. The largest absolute Gasteiger partial charge is 0.437 e. The molecule has 0 bridgehead atoms. The van der Waals surface area contributed by atoms with E-state index in [4.69, 9.17) is 0 Å². The van der Waals surface area contributed by atoms with Crippen LogP contribution in [0.25, 0.3) is 0 Å². The van der Waals surface area contributed by atoms with Gasteiger partial charge in [0, 0.05) is 0 Å². The number of rotatable bonds is 3. The molecule has 3 nitrogen and oxygen atoms in total. The summed E-state index contributed by atoms with van der Waals surface area (Å²) in [5, 5.41) is 0. The highest BCUT2D eigenvalue weighted by atomic mass is 32.3. The van der Waals surface area contributed by atoms with Crippen LogP contribution in [0.5, 0.6) is 0 Å². The molecule has 0 aromatic rings. The van der Waals surface area contributed by atoms with Crippen molar-refractivity contribution in [3.63, 3.8) is 0 Å². The SMILES string of the molecule is O=S(=O)(F)OCC(F)=C(F)F. The molecule has 8 heteroatoms. The fraction of sp³-hybridized carbons (Fsp3) is 0.333. The van der Waals surface area contributed by atoms with Crippen LogP contribution in [0.1, 0.15) is 0 Å². The first-order chi connectivity index (χ1) is 4.83.